The molecule has 0 fully saturated rings. The molecule has 86 valence electrons. The number of nitrogens with zero attached hydrogens (tertiary/aromatic N) is 1. The normalized spacial score (nSPS) is 12.2. The molecule has 2 rings (SSSR count). The number of rotatable bonds is 1. The van der Waals surface area contributed by atoms with E-state index in [1.165, 1.54) is 0 Å². The molecule has 0 saturated heterocycles. The van der Waals surface area contributed by atoms with Gasteiger partial charge in [-0.3, -0.25) is 4.79 Å². The highest BCUT2D eigenvalue weighted by atomic mass is 32.1. The van der Waals surface area contributed by atoms with Crippen LogP contribution >= 0.6 is 11.3 Å². The molecular weight excluding hydrogens is 218 g/mol. The molecule has 2 nitrogen and oxygen atoms in total. The van der Waals surface area contributed by atoms with Crippen molar-refractivity contribution in [1.29, 1.82) is 0 Å². The van der Waals surface area contributed by atoms with Crippen molar-refractivity contribution in [2.24, 2.45) is 0 Å². The third-order valence-electron chi connectivity index (χ3n) is 2.79. The molecule has 3 heteroatoms. The number of pyridine rings is 1. The molecule has 0 aliphatic rings. The van der Waals surface area contributed by atoms with E-state index in [0.29, 0.717) is 0 Å². The van der Waals surface area contributed by atoms with Gasteiger partial charge in [0.15, 0.2) is 0 Å². The Morgan fingerprint density at radius 2 is 2.06 bits per heavy atom. The Labute approximate surface area is 99.5 Å². The maximum Gasteiger partial charge on any atom is 0.202 e. The third-order valence-corrected chi connectivity index (χ3v) is 3.69. The van der Waals surface area contributed by atoms with Crippen LogP contribution < -0.4 is 5.43 Å². The molecule has 0 atom stereocenters. The molecule has 0 aliphatic carbocycles. The molecule has 2 aromatic heterocycles. The first-order chi connectivity index (χ1) is 7.45. The van der Waals surface area contributed by atoms with Gasteiger partial charge in [0, 0.05) is 17.3 Å². The maximum absolute atomic E-state index is 12.1. The minimum Gasteiger partial charge on any atom is -0.341 e. The number of aromatic nitrogens is 1. The van der Waals surface area contributed by atoms with Gasteiger partial charge in [0.25, 0.3) is 0 Å². The van der Waals surface area contributed by atoms with Crippen molar-refractivity contribution >= 4 is 21.6 Å². The summed E-state index contributed by atoms with van der Waals surface area (Å²) in [6.07, 6.45) is 2.81. The summed E-state index contributed by atoms with van der Waals surface area (Å²) < 4.78 is 3.09. The van der Waals surface area contributed by atoms with Gasteiger partial charge in [-0.2, -0.15) is 0 Å². The highest BCUT2D eigenvalue weighted by Gasteiger charge is 2.17. The molecule has 0 aliphatic heterocycles. The van der Waals surface area contributed by atoms with E-state index in [2.05, 4.69) is 25.3 Å². The fourth-order valence-electron chi connectivity index (χ4n) is 1.90. The lowest BCUT2D eigenvalue weighted by atomic mass is 10.1. The van der Waals surface area contributed by atoms with Gasteiger partial charge < -0.3 is 4.57 Å². The van der Waals surface area contributed by atoms with Crippen LogP contribution in [-0.4, -0.2) is 4.57 Å². The molecule has 0 bridgehead atoms. The van der Waals surface area contributed by atoms with Gasteiger partial charge in [0.1, 0.15) is 0 Å². The van der Waals surface area contributed by atoms with Crippen LogP contribution in [0.25, 0.3) is 10.2 Å². The largest absolute Gasteiger partial charge is 0.341 e. The van der Waals surface area contributed by atoms with Crippen molar-refractivity contribution < 1.29 is 0 Å². The first-order valence-electron chi connectivity index (χ1n) is 5.57. The van der Waals surface area contributed by atoms with E-state index in [1.54, 1.807) is 11.3 Å². The molecule has 16 heavy (non-hydrogen) atoms. The van der Waals surface area contributed by atoms with Gasteiger partial charge in [-0.1, -0.05) is 6.92 Å². The number of aryl methyl sites for hydroxylation is 1. The third kappa shape index (κ3) is 1.69. The zero-order valence-corrected chi connectivity index (χ0v) is 11.0. The first-order valence-corrected chi connectivity index (χ1v) is 6.45. The summed E-state index contributed by atoms with van der Waals surface area (Å²) in [4.78, 5) is 12.1. The summed E-state index contributed by atoms with van der Waals surface area (Å²) in [5.41, 5.74) is 2.18. The summed E-state index contributed by atoms with van der Waals surface area (Å²) in [6, 6.07) is 2.03. The molecular formula is C13H17NOS. The van der Waals surface area contributed by atoms with Crippen molar-refractivity contribution in [2.75, 3.05) is 0 Å². The fourth-order valence-corrected chi connectivity index (χ4v) is 2.76. The standard InChI is InChI=1S/C13H17NOS/c1-5-9-8-14(13(2,3)4)10-6-7-16-12(10)11(9)15/h6-8H,5H2,1-4H3. The lowest BCUT2D eigenvalue weighted by Crippen LogP contribution is -2.25. The van der Waals surface area contributed by atoms with Crippen LogP contribution in [0.15, 0.2) is 22.4 Å². The molecule has 0 saturated carbocycles. The molecule has 0 unspecified atom stereocenters. The van der Waals surface area contributed by atoms with E-state index >= 15 is 0 Å². The predicted molar refractivity (Wildman–Crippen MR) is 70.5 cm³/mol. The van der Waals surface area contributed by atoms with E-state index in [0.717, 1.165) is 22.2 Å². The van der Waals surface area contributed by atoms with E-state index in [9.17, 15) is 4.79 Å². The summed E-state index contributed by atoms with van der Waals surface area (Å²) in [6.45, 7) is 8.51. The van der Waals surface area contributed by atoms with Crippen molar-refractivity contribution in [2.45, 2.75) is 39.7 Å². The second-order valence-corrected chi connectivity index (χ2v) is 5.93. The molecule has 0 aromatic carbocycles. The van der Waals surface area contributed by atoms with Gasteiger partial charge >= 0.3 is 0 Å². The smallest absolute Gasteiger partial charge is 0.202 e. The minimum atomic E-state index is 0.0109. The average molecular weight is 235 g/mol. The highest BCUT2D eigenvalue weighted by Crippen LogP contribution is 2.24. The molecule has 0 spiro atoms. The quantitative estimate of drug-likeness (QED) is 0.742. The van der Waals surface area contributed by atoms with Gasteiger partial charge in [0.05, 0.1) is 10.2 Å². The summed E-state index contributed by atoms with van der Waals surface area (Å²) in [7, 11) is 0. The van der Waals surface area contributed by atoms with Crippen molar-refractivity contribution in [3.63, 3.8) is 0 Å². The Morgan fingerprint density at radius 3 is 2.62 bits per heavy atom. The number of fused-ring (bicyclic) bond motifs is 1. The Balaban J connectivity index is 2.89. The second-order valence-electron chi connectivity index (χ2n) is 5.01. The van der Waals surface area contributed by atoms with Gasteiger partial charge in [-0.15, -0.1) is 11.3 Å². The van der Waals surface area contributed by atoms with E-state index in [4.69, 9.17) is 0 Å². The second kappa shape index (κ2) is 3.74. The van der Waals surface area contributed by atoms with Crippen LogP contribution in [-0.2, 0) is 12.0 Å². The Bertz CT molecular complexity index is 572. The van der Waals surface area contributed by atoms with E-state index < -0.39 is 0 Å². The Kier molecular flexibility index (Phi) is 2.66. The van der Waals surface area contributed by atoms with E-state index in [-0.39, 0.29) is 11.0 Å². The Hall–Kier alpha value is -1.09. The van der Waals surface area contributed by atoms with Gasteiger partial charge in [-0.05, 0) is 38.6 Å². The minimum absolute atomic E-state index is 0.0109. The Morgan fingerprint density at radius 1 is 1.38 bits per heavy atom. The summed E-state index contributed by atoms with van der Waals surface area (Å²) >= 11 is 1.54. The molecule has 0 N–H and O–H groups in total. The zero-order valence-electron chi connectivity index (χ0n) is 10.2. The summed E-state index contributed by atoms with van der Waals surface area (Å²) in [5, 5.41) is 1.99. The van der Waals surface area contributed by atoms with Gasteiger partial charge in [0.2, 0.25) is 5.43 Å². The van der Waals surface area contributed by atoms with Crippen LogP contribution in [0.4, 0.5) is 0 Å². The predicted octanol–water partition coefficient (Wildman–Crippen LogP) is 3.38. The topological polar surface area (TPSA) is 22.0 Å². The number of hydrogen-bond donors (Lipinski definition) is 0. The maximum atomic E-state index is 12.1. The number of hydrogen-bond acceptors (Lipinski definition) is 2. The van der Waals surface area contributed by atoms with E-state index in [1.807, 2.05) is 24.6 Å². The van der Waals surface area contributed by atoms with Crippen molar-refractivity contribution in [3.05, 3.63) is 33.4 Å². The fraction of sp³-hybridized carbons (Fsp3) is 0.462. The number of thiophene rings is 1. The van der Waals surface area contributed by atoms with Crippen LogP contribution in [0.2, 0.25) is 0 Å². The SMILES string of the molecule is CCc1cn(C(C)(C)C)c2ccsc2c1=O. The zero-order chi connectivity index (χ0) is 11.9. The summed E-state index contributed by atoms with van der Waals surface area (Å²) in [5.74, 6) is 0. The van der Waals surface area contributed by atoms with Crippen LogP contribution in [0.1, 0.15) is 33.3 Å². The lowest BCUT2D eigenvalue weighted by Gasteiger charge is -2.25. The molecule has 0 radical (unpaired) electrons. The molecule has 0 amide bonds. The van der Waals surface area contributed by atoms with Crippen LogP contribution in [0, 0.1) is 0 Å². The molecule has 2 aromatic rings. The van der Waals surface area contributed by atoms with Crippen molar-refractivity contribution in [1.82, 2.24) is 4.57 Å². The van der Waals surface area contributed by atoms with Crippen LogP contribution in [0.5, 0.6) is 0 Å². The van der Waals surface area contributed by atoms with Gasteiger partial charge in [-0.25, -0.2) is 0 Å². The highest BCUT2D eigenvalue weighted by molar-refractivity contribution is 7.17. The average Bonchev–Trinajstić information content (AvgIpc) is 2.65. The van der Waals surface area contributed by atoms with Crippen molar-refractivity contribution in [3.8, 4) is 0 Å². The lowest BCUT2D eigenvalue weighted by molar-refractivity contribution is 0.407. The molecule has 2 heterocycles. The van der Waals surface area contributed by atoms with Crippen LogP contribution in [0.3, 0.4) is 0 Å². The monoisotopic (exact) mass is 235 g/mol. The first kappa shape index (κ1) is 11.4.